The Hall–Kier alpha value is -1.31. The summed E-state index contributed by atoms with van der Waals surface area (Å²) in [4.78, 5) is 0. The molecule has 140 valence electrons. The summed E-state index contributed by atoms with van der Waals surface area (Å²) in [5.41, 5.74) is 1.25. The highest BCUT2D eigenvalue weighted by atomic mass is 32.2. The molecule has 25 heavy (non-hydrogen) atoms. The molecule has 2 aliphatic rings. The number of aryl methyl sites for hydroxylation is 1. The number of nitrogens with zero attached hydrogens (tertiary/aromatic N) is 1. The minimum atomic E-state index is -3.04. The van der Waals surface area contributed by atoms with E-state index in [2.05, 4.69) is 24.4 Å². The molecule has 0 aromatic heterocycles. The highest BCUT2D eigenvalue weighted by molar-refractivity contribution is 7.89. The van der Waals surface area contributed by atoms with Gasteiger partial charge in [0.25, 0.3) is 0 Å². The number of ether oxygens (including phenoxy) is 2. The molecule has 1 fully saturated rings. The van der Waals surface area contributed by atoms with Crippen molar-refractivity contribution < 1.29 is 17.9 Å². The molecule has 2 aliphatic heterocycles. The van der Waals surface area contributed by atoms with Gasteiger partial charge in [0.05, 0.1) is 5.75 Å². The Morgan fingerprint density at radius 2 is 1.96 bits per heavy atom. The van der Waals surface area contributed by atoms with Crippen molar-refractivity contribution in [1.29, 1.82) is 0 Å². The van der Waals surface area contributed by atoms with E-state index in [1.807, 2.05) is 6.07 Å². The van der Waals surface area contributed by atoms with Crippen molar-refractivity contribution in [3.05, 3.63) is 23.8 Å². The maximum Gasteiger partial charge on any atom is 0.231 e. The molecule has 1 saturated heterocycles. The zero-order valence-electron chi connectivity index (χ0n) is 15.0. The molecular formula is C18H28N2O4S. The Morgan fingerprint density at radius 3 is 2.68 bits per heavy atom. The molecule has 1 unspecified atom stereocenters. The number of piperidine rings is 1. The van der Waals surface area contributed by atoms with Crippen LogP contribution in [0.25, 0.3) is 0 Å². The van der Waals surface area contributed by atoms with Crippen LogP contribution >= 0.6 is 0 Å². The zero-order chi connectivity index (χ0) is 17.9. The van der Waals surface area contributed by atoms with Crippen LogP contribution < -0.4 is 14.8 Å². The third-order valence-corrected chi connectivity index (χ3v) is 6.92. The summed E-state index contributed by atoms with van der Waals surface area (Å²) in [6, 6.07) is 6.91. The van der Waals surface area contributed by atoms with Crippen molar-refractivity contribution in [2.45, 2.75) is 51.6 Å². The molecule has 1 N–H and O–H groups in total. The molecule has 0 saturated carbocycles. The highest BCUT2D eigenvalue weighted by Gasteiger charge is 2.27. The number of nitrogens with one attached hydrogen (secondary N) is 1. The standard InChI is InChI=1S/C18H28N2O4S/c1-3-25(21,22)20-10-8-16(9-11-20)19-14(2)4-5-15-6-7-17-18(12-15)24-13-23-17/h6-7,12,14,16,19H,3-5,8-11,13H2,1-2H3. The largest absolute Gasteiger partial charge is 0.454 e. The van der Waals surface area contributed by atoms with Gasteiger partial charge in [0.15, 0.2) is 11.5 Å². The van der Waals surface area contributed by atoms with Gasteiger partial charge in [-0.1, -0.05) is 6.07 Å². The summed E-state index contributed by atoms with van der Waals surface area (Å²) in [6.45, 7) is 5.47. The van der Waals surface area contributed by atoms with E-state index in [1.54, 1.807) is 11.2 Å². The minimum Gasteiger partial charge on any atom is -0.454 e. The number of hydrogen-bond acceptors (Lipinski definition) is 5. The lowest BCUT2D eigenvalue weighted by molar-refractivity contribution is 0.174. The predicted octanol–water partition coefficient (Wildman–Crippen LogP) is 2.14. The predicted molar refractivity (Wildman–Crippen MR) is 97.5 cm³/mol. The quantitative estimate of drug-likeness (QED) is 0.799. The van der Waals surface area contributed by atoms with Crippen LogP contribution in [0.4, 0.5) is 0 Å². The van der Waals surface area contributed by atoms with E-state index in [1.165, 1.54) is 5.56 Å². The van der Waals surface area contributed by atoms with Gasteiger partial charge in [-0.3, -0.25) is 0 Å². The Labute approximate surface area is 150 Å². The summed E-state index contributed by atoms with van der Waals surface area (Å²) in [5, 5.41) is 3.65. The first-order valence-corrected chi connectivity index (χ1v) is 10.7. The summed E-state index contributed by atoms with van der Waals surface area (Å²) in [6.07, 6.45) is 3.78. The van der Waals surface area contributed by atoms with E-state index in [-0.39, 0.29) is 5.75 Å². The van der Waals surface area contributed by atoms with E-state index < -0.39 is 10.0 Å². The van der Waals surface area contributed by atoms with Crippen molar-refractivity contribution in [1.82, 2.24) is 9.62 Å². The van der Waals surface area contributed by atoms with Crippen molar-refractivity contribution in [3.63, 3.8) is 0 Å². The lowest BCUT2D eigenvalue weighted by Crippen LogP contribution is -2.47. The van der Waals surface area contributed by atoms with Gasteiger partial charge in [-0.25, -0.2) is 12.7 Å². The summed E-state index contributed by atoms with van der Waals surface area (Å²) in [7, 11) is -3.04. The topological polar surface area (TPSA) is 67.9 Å². The van der Waals surface area contributed by atoms with Gasteiger partial charge >= 0.3 is 0 Å². The van der Waals surface area contributed by atoms with Crippen molar-refractivity contribution in [2.24, 2.45) is 0 Å². The lowest BCUT2D eigenvalue weighted by Gasteiger charge is -2.33. The van der Waals surface area contributed by atoms with Crippen molar-refractivity contribution in [2.75, 3.05) is 25.6 Å². The number of fused-ring (bicyclic) bond motifs is 1. The van der Waals surface area contributed by atoms with E-state index >= 15 is 0 Å². The molecule has 0 amide bonds. The lowest BCUT2D eigenvalue weighted by atomic mass is 10.0. The number of rotatable bonds is 7. The molecule has 0 radical (unpaired) electrons. The minimum absolute atomic E-state index is 0.191. The summed E-state index contributed by atoms with van der Waals surface area (Å²) >= 11 is 0. The molecule has 6 nitrogen and oxygen atoms in total. The zero-order valence-corrected chi connectivity index (χ0v) is 15.8. The third-order valence-electron chi connectivity index (χ3n) is 5.04. The van der Waals surface area contributed by atoms with Gasteiger partial charge in [0.1, 0.15) is 0 Å². The van der Waals surface area contributed by atoms with Crippen LogP contribution in [0.15, 0.2) is 18.2 Å². The number of hydrogen-bond donors (Lipinski definition) is 1. The fourth-order valence-corrected chi connectivity index (χ4v) is 4.58. The van der Waals surface area contributed by atoms with Gasteiger partial charge < -0.3 is 14.8 Å². The van der Waals surface area contributed by atoms with Crippen molar-refractivity contribution >= 4 is 10.0 Å². The smallest absolute Gasteiger partial charge is 0.231 e. The fraction of sp³-hybridized carbons (Fsp3) is 0.667. The second kappa shape index (κ2) is 7.93. The average molecular weight is 368 g/mol. The molecular weight excluding hydrogens is 340 g/mol. The molecule has 3 rings (SSSR count). The monoisotopic (exact) mass is 368 g/mol. The van der Waals surface area contributed by atoms with Crippen LogP contribution in [-0.2, 0) is 16.4 Å². The van der Waals surface area contributed by atoms with Gasteiger partial charge in [0, 0.05) is 25.2 Å². The normalized spacial score (nSPS) is 19.9. The SMILES string of the molecule is CCS(=O)(=O)N1CCC(NC(C)CCc2ccc3c(c2)OCO3)CC1. The Kier molecular flexibility index (Phi) is 5.86. The molecule has 7 heteroatoms. The second-order valence-corrected chi connectivity index (χ2v) is 9.13. The third kappa shape index (κ3) is 4.65. The van der Waals surface area contributed by atoms with Crippen LogP contribution in [0.1, 0.15) is 38.7 Å². The first kappa shape index (κ1) is 18.5. The second-order valence-electron chi connectivity index (χ2n) is 6.87. The maximum absolute atomic E-state index is 11.9. The van der Waals surface area contributed by atoms with E-state index in [9.17, 15) is 8.42 Å². The molecule has 0 aliphatic carbocycles. The van der Waals surface area contributed by atoms with Gasteiger partial charge in [-0.05, 0) is 57.2 Å². The summed E-state index contributed by atoms with van der Waals surface area (Å²) in [5.74, 6) is 1.85. The number of sulfonamides is 1. The van der Waals surface area contributed by atoms with Crippen LogP contribution in [0.2, 0.25) is 0 Å². The molecule has 0 bridgehead atoms. The highest BCUT2D eigenvalue weighted by Crippen LogP contribution is 2.32. The average Bonchev–Trinajstić information content (AvgIpc) is 3.08. The number of benzene rings is 1. The van der Waals surface area contributed by atoms with E-state index in [0.717, 1.165) is 37.2 Å². The van der Waals surface area contributed by atoms with E-state index in [4.69, 9.17) is 9.47 Å². The van der Waals surface area contributed by atoms with Crippen LogP contribution in [-0.4, -0.2) is 50.4 Å². The van der Waals surface area contributed by atoms with Crippen LogP contribution in [0, 0.1) is 0 Å². The van der Waals surface area contributed by atoms with E-state index in [0.29, 0.717) is 32.0 Å². The Balaban J connectivity index is 1.42. The first-order chi connectivity index (χ1) is 12.0. The molecule has 0 spiro atoms. The van der Waals surface area contributed by atoms with Gasteiger partial charge in [-0.2, -0.15) is 0 Å². The Bertz CT molecular complexity index is 684. The molecule has 2 heterocycles. The summed E-state index contributed by atoms with van der Waals surface area (Å²) < 4.78 is 36.2. The Morgan fingerprint density at radius 1 is 1.24 bits per heavy atom. The van der Waals surface area contributed by atoms with Gasteiger partial charge in [-0.15, -0.1) is 0 Å². The van der Waals surface area contributed by atoms with Gasteiger partial charge in [0.2, 0.25) is 16.8 Å². The fourth-order valence-electron chi connectivity index (χ4n) is 3.45. The molecule has 1 aromatic rings. The first-order valence-electron chi connectivity index (χ1n) is 9.10. The molecule has 1 atom stereocenters. The van der Waals surface area contributed by atoms with Crippen LogP contribution in [0.3, 0.4) is 0 Å². The maximum atomic E-state index is 11.9. The van der Waals surface area contributed by atoms with Crippen molar-refractivity contribution in [3.8, 4) is 11.5 Å². The van der Waals surface area contributed by atoms with Crippen LogP contribution in [0.5, 0.6) is 11.5 Å². The molecule has 1 aromatic carbocycles.